The zero-order valence-corrected chi connectivity index (χ0v) is 11.4. The molecule has 0 aliphatic rings. The average molecular weight is 264 g/mol. The van der Waals surface area contributed by atoms with E-state index in [0.29, 0.717) is 18.5 Å². The van der Waals surface area contributed by atoms with Gasteiger partial charge < -0.3 is 5.32 Å². The van der Waals surface area contributed by atoms with Crippen LogP contribution in [0.25, 0.3) is 0 Å². The predicted molar refractivity (Wildman–Crippen MR) is 79.5 cm³/mol. The smallest absolute Gasteiger partial charge is 0.156 e. The fourth-order valence-corrected chi connectivity index (χ4v) is 1.95. The van der Waals surface area contributed by atoms with Crippen molar-refractivity contribution < 1.29 is 4.79 Å². The summed E-state index contributed by atoms with van der Waals surface area (Å²) in [5.41, 5.74) is 3.65. The Balaban J connectivity index is 1.89. The van der Waals surface area contributed by atoms with Gasteiger partial charge in [-0.25, -0.2) is 0 Å². The van der Waals surface area contributed by atoms with Gasteiger partial charge in [-0.05, 0) is 36.2 Å². The number of carbonyl (C=O) groups excluding carboxylic acids is 1. The molecule has 0 radical (unpaired) electrons. The van der Waals surface area contributed by atoms with Crippen molar-refractivity contribution in [3.8, 4) is 6.07 Å². The molecule has 0 saturated heterocycles. The van der Waals surface area contributed by atoms with Crippen LogP contribution in [0.1, 0.15) is 16.7 Å². The summed E-state index contributed by atoms with van der Waals surface area (Å²) in [6.45, 7) is 2.32. The summed E-state index contributed by atoms with van der Waals surface area (Å²) in [4.78, 5) is 11.9. The molecule has 3 nitrogen and oxygen atoms in total. The molecular weight excluding hydrogens is 248 g/mol. The number of hydrogen-bond donors (Lipinski definition) is 1. The van der Waals surface area contributed by atoms with E-state index in [1.54, 1.807) is 12.1 Å². The first-order valence-corrected chi connectivity index (χ1v) is 6.49. The van der Waals surface area contributed by atoms with E-state index in [0.717, 1.165) is 16.8 Å². The summed E-state index contributed by atoms with van der Waals surface area (Å²) in [5, 5.41) is 11.9. The molecule has 0 aliphatic carbocycles. The van der Waals surface area contributed by atoms with Crippen LogP contribution in [0.15, 0.2) is 48.5 Å². The summed E-state index contributed by atoms with van der Waals surface area (Å²) in [7, 11) is 0. The Morgan fingerprint density at radius 3 is 2.50 bits per heavy atom. The largest absolute Gasteiger partial charge is 0.378 e. The third-order valence-corrected chi connectivity index (χ3v) is 3.11. The number of Topliss-reactive ketones (excluding diaryl/α,β-unsaturated/α-hetero) is 1. The summed E-state index contributed by atoms with van der Waals surface area (Å²) in [6, 6.07) is 17.1. The SMILES string of the molecule is Cc1ccccc1NCC(=O)Cc1ccc(C#N)cc1. The van der Waals surface area contributed by atoms with Gasteiger partial charge in [0, 0.05) is 12.1 Å². The van der Waals surface area contributed by atoms with E-state index in [4.69, 9.17) is 5.26 Å². The molecule has 0 atom stereocenters. The van der Waals surface area contributed by atoms with Crippen LogP contribution in [0.4, 0.5) is 5.69 Å². The molecule has 0 aromatic heterocycles. The lowest BCUT2D eigenvalue weighted by Gasteiger charge is -2.08. The second-order valence-corrected chi connectivity index (χ2v) is 4.69. The third-order valence-electron chi connectivity index (χ3n) is 3.11. The molecule has 0 saturated carbocycles. The lowest BCUT2D eigenvalue weighted by Crippen LogP contribution is -2.16. The minimum atomic E-state index is 0.123. The molecule has 0 fully saturated rings. The highest BCUT2D eigenvalue weighted by Crippen LogP contribution is 2.12. The molecule has 3 heteroatoms. The summed E-state index contributed by atoms with van der Waals surface area (Å²) in [6.07, 6.45) is 0.380. The molecule has 0 amide bonds. The third kappa shape index (κ3) is 3.69. The van der Waals surface area contributed by atoms with Crippen molar-refractivity contribution >= 4 is 11.5 Å². The van der Waals surface area contributed by atoms with Crippen molar-refractivity contribution in [2.75, 3.05) is 11.9 Å². The fourth-order valence-electron chi connectivity index (χ4n) is 1.95. The van der Waals surface area contributed by atoms with E-state index in [-0.39, 0.29) is 5.78 Å². The Bertz CT molecular complexity index is 639. The number of nitriles is 1. The molecule has 0 unspecified atom stereocenters. The minimum Gasteiger partial charge on any atom is -0.378 e. The Hall–Kier alpha value is -2.60. The van der Waals surface area contributed by atoms with Gasteiger partial charge in [-0.15, -0.1) is 0 Å². The number of hydrogen-bond acceptors (Lipinski definition) is 3. The molecule has 0 bridgehead atoms. The van der Waals surface area contributed by atoms with Crippen molar-refractivity contribution in [2.45, 2.75) is 13.3 Å². The number of ketones is 1. The zero-order valence-electron chi connectivity index (χ0n) is 11.4. The quantitative estimate of drug-likeness (QED) is 0.902. The zero-order chi connectivity index (χ0) is 14.4. The van der Waals surface area contributed by atoms with Crippen LogP contribution in [-0.2, 0) is 11.2 Å². The molecule has 1 N–H and O–H groups in total. The number of aryl methyl sites for hydroxylation is 1. The van der Waals surface area contributed by atoms with Crippen LogP contribution in [0, 0.1) is 18.3 Å². The Morgan fingerprint density at radius 2 is 1.85 bits per heavy atom. The van der Waals surface area contributed by atoms with E-state index in [9.17, 15) is 4.79 Å². The van der Waals surface area contributed by atoms with Crippen LogP contribution < -0.4 is 5.32 Å². The number of para-hydroxylation sites is 1. The maximum absolute atomic E-state index is 11.9. The number of nitrogens with one attached hydrogen (secondary N) is 1. The van der Waals surface area contributed by atoms with Crippen LogP contribution in [0.2, 0.25) is 0 Å². The number of nitrogens with zero attached hydrogens (tertiary/aromatic N) is 1. The molecule has 0 spiro atoms. The second-order valence-electron chi connectivity index (χ2n) is 4.69. The Morgan fingerprint density at radius 1 is 1.15 bits per heavy atom. The summed E-state index contributed by atoms with van der Waals surface area (Å²) >= 11 is 0. The van der Waals surface area contributed by atoms with Gasteiger partial charge in [-0.1, -0.05) is 30.3 Å². The van der Waals surface area contributed by atoms with Gasteiger partial charge in [0.2, 0.25) is 0 Å². The van der Waals surface area contributed by atoms with Crippen molar-refractivity contribution in [3.63, 3.8) is 0 Å². The van der Waals surface area contributed by atoms with Crippen molar-refractivity contribution in [1.29, 1.82) is 5.26 Å². The number of carbonyl (C=O) groups is 1. The highest BCUT2D eigenvalue weighted by Gasteiger charge is 2.05. The summed E-state index contributed by atoms with van der Waals surface area (Å²) < 4.78 is 0. The van der Waals surface area contributed by atoms with Gasteiger partial charge in [0.05, 0.1) is 18.2 Å². The van der Waals surface area contributed by atoms with Crippen molar-refractivity contribution in [3.05, 3.63) is 65.2 Å². The van der Waals surface area contributed by atoms with Crippen LogP contribution in [-0.4, -0.2) is 12.3 Å². The fraction of sp³-hybridized carbons (Fsp3) is 0.176. The summed E-state index contributed by atoms with van der Waals surface area (Å²) in [5.74, 6) is 0.123. The average Bonchev–Trinajstić information content (AvgIpc) is 2.47. The molecule has 100 valence electrons. The number of rotatable bonds is 5. The topological polar surface area (TPSA) is 52.9 Å². The van der Waals surface area contributed by atoms with E-state index >= 15 is 0 Å². The van der Waals surface area contributed by atoms with Gasteiger partial charge in [-0.2, -0.15) is 5.26 Å². The monoisotopic (exact) mass is 264 g/mol. The molecule has 0 aliphatic heterocycles. The molecule has 0 heterocycles. The van der Waals surface area contributed by atoms with E-state index < -0.39 is 0 Å². The maximum Gasteiger partial charge on any atom is 0.156 e. The van der Waals surface area contributed by atoms with Gasteiger partial charge in [0.1, 0.15) is 0 Å². The lowest BCUT2D eigenvalue weighted by molar-refractivity contribution is -0.116. The van der Waals surface area contributed by atoms with Crippen molar-refractivity contribution in [2.24, 2.45) is 0 Å². The van der Waals surface area contributed by atoms with Crippen LogP contribution in [0.5, 0.6) is 0 Å². The first kappa shape index (κ1) is 13.8. The van der Waals surface area contributed by atoms with Gasteiger partial charge in [-0.3, -0.25) is 4.79 Å². The van der Waals surface area contributed by atoms with Crippen LogP contribution in [0.3, 0.4) is 0 Å². The standard InChI is InChI=1S/C17H16N2O/c1-13-4-2-3-5-17(13)19-12-16(20)10-14-6-8-15(11-18)9-7-14/h2-9,19H,10,12H2,1H3. The molecule has 2 rings (SSSR count). The van der Waals surface area contributed by atoms with E-state index in [2.05, 4.69) is 11.4 Å². The number of benzene rings is 2. The highest BCUT2D eigenvalue weighted by atomic mass is 16.1. The van der Waals surface area contributed by atoms with E-state index in [1.807, 2.05) is 43.3 Å². The van der Waals surface area contributed by atoms with Gasteiger partial charge >= 0.3 is 0 Å². The predicted octanol–water partition coefficient (Wildman–Crippen LogP) is 3.09. The maximum atomic E-state index is 11.9. The molecule has 2 aromatic carbocycles. The highest BCUT2D eigenvalue weighted by molar-refractivity contribution is 5.85. The lowest BCUT2D eigenvalue weighted by atomic mass is 10.1. The van der Waals surface area contributed by atoms with E-state index in [1.165, 1.54) is 0 Å². The molecule has 20 heavy (non-hydrogen) atoms. The molecular formula is C17H16N2O. The normalized spacial score (nSPS) is 9.80. The first-order chi connectivity index (χ1) is 9.69. The first-order valence-electron chi connectivity index (χ1n) is 6.49. The Kier molecular flexibility index (Phi) is 4.52. The van der Waals surface area contributed by atoms with Crippen molar-refractivity contribution in [1.82, 2.24) is 0 Å². The minimum absolute atomic E-state index is 0.123. The van der Waals surface area contributed by atoms with Gasteiger partial charge in [0.25, 0.3) is 0 Å². The Labute approximate surface area is 118 Å². The second kappa shape index (κ2) is 6.53. The molecule has 2 aromatic rings. The van der Waals surface area contributed by atoms with Crippen LogP contribution >= 0.6 is 0 Å². The van der Waals surface area contributed by atoms with Gasteiger partial charge in [0.15, 0.2) is 5.78 Å². The number of anilines is 1.